The summed E-state index contributed by atoms with van der Waals surface area (Å²) < 4.78 is 63.5. The molecule has 0 unspecified atom stereocenters. The van der Waals surface area contributed by atoms with Crippen molar-refractivity contribution in [3.63, 3.8) is 0 Å². The second kappa shape index (κ2) is 6.66. The minimum atomic E-state index is -4.64. The van der Waals surface area contributed by atoms with Crippen LogP contribution in [0.2, 0.25) is 5.02 Å². The largest absolute Gasteiger partial charge is 0.435 e. The Labute approximate surface area is 158 Å². The van der Waals surface area contributed by atoms with Crippen molar-refractivity contribution in [3.8, 4) is 16.9 Å². The Balaban J connectivity index is 2.21. The molecule has 0 saturated carbocycles. The number of aryl methyl sites for hydroxylation is 1. The van der Waals surface area contributed by atoms with Crippen LogP contribution in [0.3, 0.4) is 0 Å². The zero-order valence-corrected chi connectivity index (χ0v) is 15.4. The molecule has 0 fully saturated rings. The molecule has 1 heterocycles. The summed E-state index contributed by atoms with van der Waals surface area (Å²) in [4.78, 5) is -0.154. The predicted molar refractivity (Wildman–Crippen MR) is 95.1 cm³/mol. The van der Waals surface area contributed by atoms with E-state index in [1.807, 2.05) is 0 Å². The molecule has 0 radical (unpaired) electrons. The predicted octanol–water partition coefficient (Wildman–Crippen LogP) is 4.17. The fourth-order valence-corrected chi connectivity index (χ4v) is 3.34. The molecule has 0 aliphatic heterocycles. The number of nitrogens with zero attached hydrogens (tertiary/aromatic N) is 2. The van der Waals surface area contributed by atoms with Crippen LogP contribution in [0.15, 0.2) is 53.4 Å². The summed E-state index contributed by atoms with van der Waals surface area (Å²) in [6, 6.07) is 10.8. The zero-order valence-electron chi connectivity index (χ0n) is 13.8. The standard InChI is InChI=1S/C17H13ClF3N3O2S/c1-10-8-11(18)2-7-14(10)15-9-16(17(19,20)21)23-24(15)12-3-5-13(6-4-12)27(22,25)26/h2-9H,1H3,(H2,22,25,26). The first-order chi connectivity index (χ1) is 12.5. The van der Waals surface area contributed by atoms with E-state index in [9.17, 15) is 21.6 Å². The van der Waals surface area contributed by atoms with Crippen LogP contribution in [0.1, 0.15) is 11.3 Å². The van der Waals surface area contributed by atoms with Crippen molar-refractivity contribution in [2.24, 2.45) is 5.14 Å². The van der Waals surface area contributed by atoms with Crippen LogP contribution >= 0.6 is 11.6 Å². The highest BCUT2D eigenvalue weighted by atomic mass is 35.5. The van der Waals surface area contributed by atoms with Gasteiger partial charge in [-0.05, 0) is 55.0 Å². The van der Waals surface area contributed by atoms with Gasteiger partial charge in [0.25, 0.3) is 0 Å². The Morgan fingerprint density at radius 1 is 1.07 bits per heavy atom. The van der Waals surface area contributed by atoms with E-state index >= 15 is 0 Å². The molecule has 0 aliphatic rings. The van der Waals surface area contributed by atoms with E-state index in [0.29, 0.717) is 16.1 Å². The van der Waals surface area contributed by atoms with Crippen LogP contribution in [-0.2, 0) is 16.2 Å². The molecule has 3 rings (SSSR count). The van der Waals surface area contributed by atoms with Crippen LogP contribution in [0.5, 0.6) is 0 Å². The Kier molecular flexibility index (Phi) is 4.79. The summed E-state index contributed by atoms with van der Waals surface area (Å²) in [6.45, 7) is 1.72. The minimum absolute atomic E-state index is 0.154. The SMILES string of the molecule is Cc1cc(Cl)ccc1-c1cc(C(F)(F)F)nn1-c1ccc(S(N)(=O)=O)cc1. The minimum Gasteiger partial charge on any atom is -0.232 e. The maximum Gasteiger partial charge on any atom is 0.435 e. The Morgan fingerprint density at radius 2 is 1.70 bits per heavy atom. The number of sulfonamides is 1. The van der Waals surface area contributed by atoms with Gasteiger partial charge in [-0.3, -0.25) is 0 Å². The topological polar surface area (TPSA) is 78.0 Å². The van der Waals surface area contributed by atoms with Gasteiger partial charge in [-0.1, -0.05) is 17.7 Å². The van der Waals surface area contributed by atoms with Gasteiger partial charge in [-0.15, -0.1) is 0 Å². The average Bonchev–Trinajstić information content (AvgIpc) is 2.99. The molecule has 0 atom stereocenters. The van der Waals surface area contributed by atoms with Gasteiger partial charge in [0.2, 0.25) is 10.0 Å². The second-order valence-corrected chi connectivity index (χ2v) is 7.82. The van der Waals surface area contributed by atoms with E-state index in [2.05, 4.69) is 5.10 Å². The van der Waals surface area contributed by atoms with Gasteiger partial charge in [-0.2, -0.15) is 18.3 Å². The number of rotatable bonds is 3. The third-order valence-corrected chi connectivity index (χ3v) is 5.04. The smallest absolute Gasteiger partial charge is 0.232 e. The third kappa shape index (κ3) is 4.00. The molecule has 0 spiro atoms. The van der Waals surface area contributed by atoms with Crippen molar-refractivity contribution in [1.29, 1.82) is 0 Å². The van der Waals surface area contributed by atoms with Crippen molar-refractivity contribution in [3.05, 3.63) is 64.8 Å². The highest BCUT2D eigenvalue weighted by Gasteiger charge is 2.35. The Morgan fingerprint density at radius 3 is 2.22 bits per heavy atom. The zero-order chi connectivity index (χ0) is 20.0. The average molecular weight is 416 g/mol. The fourth-order valence-electron chi connectivity index (χ4n) is 2.60. The number of benzene rings is 2. The first-order valence-corrected chi connectivity index (χ1v) is 9.46. The molecular weight excluding hydrogens is 403 g/mol. The van der Waals surface area contributed by atoms with E-state index in [-0.39, 0.29) is 16.3 Å². The number of aromatic nitrogens is 2. The number of primary sulfonamides is 1. The molecule has 10 heteroatoms. The van der Waals surface area contributed by atoms with Gasteiger partial charge in [-0.25, -0.2) is 18.2 Å². The van der Waals surface area contributed by atoms with E-state index in [4.69, 9.17) is 16.7 Å². The molecule has 3 aromatic rings. The number of halogens is 4. The number of nitrogens with two attached hydrogens (primary N) is 1. The first-order valence-electron chi connectivity index (χ1n) is 7.54. The van der Waals surface area contributed by atoms with Crippen molar-refractivity contribution in [1.82, 2.24) is 9.78 Å². The summed E-state index contributed by atoms with van der Waals surface area (Å²) in [5.74, 6) is 0. The first kappa shape index (κ1) is 19.4. The molecule has 5 nitrogen and oxygen atoms in total. The van der Waals surface area contributed by atoms with Crippen LogP contribution in [0, 0.1) is 6.92 Å². The molecule has 0 bridgehead atoms. The van der Waals surface area contributed by atoms with Crippen LogP contribution in [-0.4, -0.2) is 18.2 Å². The maximum atomic E-state index is 13.2. The van der Waals surface area contributed by atoms with E-state index in [1.165, 1.54) is 24.3 Å². The van der Waals surface area contributed by atoms with Crippen molar-refractivity contribution in [2.45, 2.75) is 18.0 Å². The molecule has 1 aromatic heterocycles. The summed E-state index contributed by atoms with van der Waals surface area (Å²) in [7, 11) is -3.92. The van der Waals surface area contributed by atoms with Crippen LogP contribution in [0.4, 0.5) is 13.2 Å². The molecule has 27 heavy (non-hydrogen) atoms. The van der Waals surface area contributed by atoms with E-state index < -0.39 is 21.9 Å². The molecule has 0 amide bonds. The van der Waals surface area contributed by atoms with Gasteiger partial charge in [0.15, 0.2) is 5.69 Å². The molecule has 2 aromatic carbocycles. The normalized spacial score (nSPS) is 12.4. The van der Waals surface area contributed by atoms with Gasteiger partial charge < -0.3 is 0 Å². The van der Waals surface area contributed by atoms with E-state index in [0.717, 1.165) is 10.7 Å². The van der Waals surface area contributed by atoms with Crippen LogP contribution in [0.25, 0.3) is 16.9 Å². The lowest BCUT2D eigenvalue weighted by Gasteiger charge is -2.10. The van der Waals surface area contributed by atoms with Crippen molar-refractivity contribution < 1.29 is 21.6 Å². The summed E-state index contributed by atoms with van der Waals surface area (Å²) in [5.41, 5.74) is 0.556. The van der Waals surface area contributed by atoms with Crippen molar-refractivity contribution >= 4 is 21.6 Å². The maximum absolute atomic E-state index is 13.2. The highest BCUT2D eigenvalue weighted by Crippen LogP contribution is 2.35. The number of hydrogen-bond donors (Lipinski definition) is 1. The lowest BCUT2D eigenvalue weighted by molar-refractivity contribution is -0.141. The summed E-state index contributed by atoms with van der Waals surface area (Å²) >= 11 is 5.93. The molecule has 142 valence electrons. The van der Waals surface area contributed by atoms with Gasteiger partial charge in [0, 0.05) is 10.6 Å². The summed E-state index contributed by atoms with van der Waals surface area (Å²) in [6.07, 6.45) is -4.64. The molecule has 0 saturated heterocycles. The van der Waals surface area contributed by atoms with Gasteiger partial charge in [0.1, 0.15) is 0 Å². The number of hydrogen-bond acceptors (Lipinski definition) is 3. The lowest BCUT2D eigenvalue weighted by Crippen LogP contribution is -2.12. The third-order valence-electron chi connectivity index (χ3n) is 3.87. The van der Waals surface area contributed by atoms with Gasteiger partial charge in [0.05, 0.1) is 16.3 Å². The summed E-state index contributed by atoms with van der Waals surface area (Å²) in [5, 5.41) is 9.17. The number of alkyl halides is 3. The fraction of sp³-hybridized carbons (Fsp3) is 0.118. The monoisotopic (exact) mass is 415 g/mol. The van der Waals surface area contributed by atoms with Gasteiger partial charge >= 0.3 is 6.18 Å². The second-order valence-electron chi connectivity index (χ2n) is 5.82. The lowest BCUT2D eigenvalue weighted by atomic mass is 10.1. The molecule has 2 N–H and O–H groups in total. The van der Waals surface area contributed by atoms with Crippen LogP contribution < -0.4 is 5.14 Å². The molecular formula is C17H13ClF3N3O2S. The van der Waals surface area contributed by atoms with E-state index in [1.54, 1.807) is 25.1 Å². The quantitative estimate of drug-likeness (QED) is 0.697. The highest BCUT2D eigenvalue weighted by molar-refractivity contribution is 7.89. The molecule has 0 aliphatic carbocycles. The Bertz CT molecular complexity index is 1110. The Hall–Kier alpha value is -2.36. The van der Waals surface area contributed by atoms with Crippen molar-refractivity contribution in [2.75, 3.05) is 0 Å².